The van der Waals surface area contributed by atoms with Gasteiger partial charge >= 0.3 is 0 Å². The highest BCUT2D eigenvalue weighted by Crippen LogP contribution is 2.47. The topological polar surface area (TPSA) is 99.5 Å². The Morgan fingerprint density at radius 3 is 2.83 bits per heavy atom. The van der Waals surface area contributed by atoms with E-state index in [1.165, 1.54) is 0 Å². The van der Waals surface area contributed by atoms with Crippen molar-refractivity contribution >= 4 is 23.3 Å². The molecule has 0 saturated carbocycles. The van der Waals surface area contributed by atoms with E-state index in [-0.39, 0.29) is 23.8 Å². The summed E-state index contributed by atoms with van der Waals surface area (Å²) in [6.07, 6.45) is 2.11. The average Bonchev–Trinajstić information content (AvgIpc) is 3.37. The molecule has 1 saturated heterocycles. The summed E-state index contributed by atoms with van der Waals surface area (Å²) in [4.78, 5) is 28.3. The highest BCUT2D eigenvalue weighted by molar-refractivity contribution is 6.09. The normalized spacial score (nSPS) is 23.3. The summed E-state index contributed by atoms with van der Waals surface area (Å²) in [7, 11) is 0. The summed E-state index contributed by atoms with van der Waals surface area (Å²) >= 11 is 0. The average molecular weight is 412 g/mol. The van der Waals surface area contributed by atoms with Gasteiger partial charge in [0.15, 0.2) is 5.82 Å². The Morgan fingerprint density at radius 2 is 2.10 bits per heavy atom. The smallest absolute Gasteiger partial charge is 0.242 e. The van der Waals surface area contributed by atoms with Crippen molar-refractivity contribution in [2.24, 2.45) is 5.41 Å². The van der Waals surface area contributed by atoms with Crippen LogP contribution in [0.5, 0.6) is 0 Å². The van der Waals surface area contributed by atoms with Gasteiger partial charge in [-0.1, -0.05) is 39.0 Å². The SMILES string of the molecule is CC(C)(C)CN1C(=O)C2(CNC(C(=O)Nc3ccn(CCO)n3)C2)c2ccccc21. The number of nitrogens with zero attached hydrogens (tertiary/aromatic N) is 3. The Balaban J connectivity index is 1.54. The molecule has 2 aromatic rings. The zero-order valence-electron chi connectivity index (χ0n) is 17.7. The maximum absolute atomic E-state index is 13.6. The molecule has 8 nitrogen and oxygen atoms in total. The summed E-state index contributed by atoms with van der Waals surface area (Å²) in [5, 5.41) is 19.3. The fraction of sp³-hybridized carbons (Fsp3) is 0.500. The number of aromatic nitrogens is 2. The lowest BCUT2D eigenvalue weighted by molar-refractivity contribution is -0.123. The summed E-state index contributed by atoms with van der Waals surface area (Å²) in [6.45, 7) is 7.76. The van der Waals surface area contributed by atoms with Crippen LogP contribution >= 0.6 is 0 Å². The fourth-order valence-corrected chi connectivity index (χ4v) is 4.44. The van der Waals surface area contributed by atoms with Gasteiger partial charge in [0, 0.05) is 31.0 Å². The number of hydrogen-bond acceptors (Lipinski definition) is 5. The van der Waals surface area contributed by atoms with Gasteiger partial charge in [-0.2, -0.15) is 5.10 Å². The highest BCUT2D eigenvalue weighted by atomic mass is 16.3. The molecule has 3 heterocycles. The molecule has 1 aromatic heterocycles. The van der Waals surface area contributed by atoms with Gasteiger partial charge in [0.25, 0.3) is 0 Å². The summed E-state index contributed by atoms with van der Waals surface area (Å²) < 4.78 is 1.57. The number of anilines is 2. The number of amides is 2. The molecule has 8 heteroatoms. The maximum atomic E-state index is 13.6. The minimum atomic E-state index is -0.722. The Bertz CT molecular complexity index is 964. The van der Waals surface area contributed by atoms with Gasteiger partial charge in [0.05, 0.1) is 24.6 Å². The van der Waals surface area contributed by atoms with Gasteiger partial charge in [-0.15, -0.1) is 0 Å². The monoisotopic (exact) mass is 411 g/mol. The second-order valence-corrected chi connectivity index (χ2v) is 9.37. The molecule has 2 unspecified atom stereocenters. The van der Waals surface area contributed by atoms with Crippen LogP contribution in [-0.2, 0) is 21.5 Å². The van der Waals surface area contributed by atoms with Crippen molar-refractivity contribution in [1.82, 2.24) is 15.1 Å². The lowest BCUT2D eigenvalue weighted by Gasteiger charge is -2.29. The number of carbonyl (C=O) groups excluding carboxylic acids is 2. The first-order chi connectivity index (χ1) is 14.2. The predicted octanol–water partition coefficient (Wildman–Crippen LogP) is 1.51. The molecule has 1 aromatic carbocycles. The van der Waals surface area contributed by atoms with Gasteiger partial charge in [-0.3, -0.25) is 14.3 Å². The molecule has 3 N–H and O–H groups in total. The Hall–Kier alpha value is -2.71. The molecule has 0 aliphatic carbocycles. The van der Waals surface area contributed by atoms with Gasteiger partial charge in [-0.05, 0) is 23.5 Å². The van der Waals surface area contributed by atoms with E-state index >= 15 is 0 Å². The molecule has 4 rings (SSSR count). The van der Waals surface area contributed by atoms with Crippen LogP contribution in [0, 0.1) is 5.41 Å². The van der Waals surface area contributed by atoms with Crippen molar-refractivity contribution in [1.29, 1.82) is 0 Å². The van der Waals surface area contributed by atoms with Crippen LogP contribution in [0.25, 0.3) is 0 Å². The van der Waals surface area contributed by atoms with Crippen LogP contribution < -0.4 is 15.5 Å². The van der Waals surface area contributed by atoms with Crippen LogP contribution in [0.15, 0.2) is 36.5 Å². The third kappa shape index (κ3) is 3.61. The third-order valence-corrected chi connectivity index (χ3v) is 5.74. The second kappa shape index (κ2) is 7.52. The van der Waals surface area contributed by atoms with Crippen LogP contribution in [-0.4, -0.2) is 52.4 Å². The van der Waals surface area contributed by atoms with E-state index in [9.17, 15) is 9.59 Å². The molecule has 2 aliphatic rings. The number of benzene rings is 1. The van der Waals surface area contributed by atoms with Crippen LogP contribution in [0.1, 0.15) is 32.8 Å². The predicted molar refractivity (Wildman–Crippen MR) is 114 cm³/mol. The molecule has 2 aliphatic heterocycles. The number of fused-ring (bicyclic) bond motifs is 2. The zero-order valence-corrected chi connectivity index (χ0v) is 17.7. The molecular formula is C22H29N5O3. The highest BCUT2D eigenvalue weighted by Gasteiger charge is 2.56. The Labute approximate surface area is 176 Å². The van der Waals surface area contributed by atoms with Gasteiger partial charge < -0.3 is 20.6 Å². The maximum Gasteiger partial charge on any atom is 0.242 e. The van der Waals surface area contributed by atoms with E-state index in [4.69, 9.17) is 5.11 Å². The summed E-state index contributed by atoms with van der Waals surface area (Å²) in [5.41, 5.74) is 1.18. The van der Waals surface area contributed by atoms with E-state index in [0.717, 1.165) is 11.3 Å². The zero-order chi connectivity index (χ0) is 21.5. The minimum Gasteiger partial charge on any atom is -0.394 e. The van der Waals surface area contributed by atoms with Crippen molar-refractivity contribution in [3.05, 3.63) is 42.1 Å². The molecule has 1 fully saturated rings. The largest absolute Gasteiger partial charge is 0.394 e. The standard InChI is InChI=1S/C22H29N5O3/c1-21(2,3)14-27-17-7-5-4-6-15(17)22(20(27)30)12-16(23-13-22)19(29)24-18-8-9-26(25-18)10-11-28/h4-9,16,23,28H,10-14H2,1-3H3,(H,24,25,29). The molecule has 1 spiro atoms. The molecule has 0 radical (unpaired) electrons. The van der Waals surface area contributed by atoms with E-state index in [1.807, 2.05) is 29.2 Å². The van der Waals surface area contributed by atoms with E-state index in [0.29, 0.717) is 31.9 Å². The van der Waals surface area contributed by atoms with E-state index < -0.39 is 11.5 Å². The van der Waals surface area contributed by atoms with Crippen molar-refractivity contribution in [2.75, 3.05) is 29.9 Å². The van der Waals surface area contributed by atoms with Crippen LogP contribution in [0.4, 0.5) is 11.5 Å². The van der Waals surface area contributed by atoms with Crippen molar-refractivity contribution < 1.29 is 14.7 Å². The minimum absolute atomic E-state index is 0.0195. The molecule has 30 heavy (non-hydrogen) atoms. The Morgan fingerprint density at radius 1 is 1.33 bits per heavy atom. The van der Waals surface area contributed by atoms with Crippen LogP contribution in [0.2, 0.25) is 0 Å². The number of nitrogens with one attached hydrogen (secondary N) is 2. The number of hydrogen-bond donors (Lipinski definition) is 3. The number of aliphatic hydroxyl groups is 1. The van der Waals surface area contributed by atoms with Crippen LogP contribution in [0.3, 0.4) is 0 Å². The first-order valence-electron chi connectivity index (χ1n) is 10.3. The first kappa shape index (κ1) is 20.6. The lowest BCUT2D eigenvalue weighted by atomic mass is 9.79. The van der Waals surface area contributed by atoms with Gasteiger partial charge in [0.2, 0.25) is 11.8 Å². The van der Waals surface area contributed by atoms with E-state index in [2.05, 4.69) is 36.5 Å². The third-order valence-electron chi connectivity index (χ3n) is 5.74. The van der Waals surface area contributed by atoms with Crippen molar-refractivity contribution in [2.45, 2.75) is 45.2 Å². The lowest BCUT2D eigenvalue weighted by Crippen LogP contribution is -2.44. The number of rotatable bonds is 5. The quantitative estimate of drug-likeness (QED) is 0.693. The molecule has 160 valence electrons. The first-order valence-corrected chi connectivity index (χ1v) is 10.3. The molecule has 0 bridgehead atoms. The molecular weight excluding hydrogens is 382 g/mol. The number of aliphatic hydroxyl groups excluding tert-OH is 1. The van der Waals surface area contributed by atoms with E-state index in [1.54, 1.807) is 16.9 Å². The Kier molecular flexibility index (Phi) is 5.15. The molecule has 2 amide bonds. The van der Waals surface area contributed by atoms with Gasteiger partial charge in [-0.25, -0.2) is 0 Å². The number of para-hydroxylation sites is 1. The second-order valence-electron chi connectivity index (χ2n) is 9.37. The van der Waals surface area contributed by atoms with Crippen molar-refractivity contribution in [3.8, 4) is 0 Å². The van der Waals surface area contributed by atoms with Gasteiger partial charge in [0.1, 0.15) is 0 Å². The fourth-order valence-electron chi connectivity index (χ4n) is 4.44. The number of carbonyl (C=O) groups is 2. The summed E-state index contributed by atoms with van der Waals surface area (Å²) in [6, 6.07) is 9.12. The van der Waals surface area contributed by atoms with Crippen molar-refractivity contribution in [3.63, 3.8) is 0 Å². The molecule has 2 atom stereocenters. The summed E-state index contributed by atoms with van der Waals surface area (Å²) in [5.74, 6) is 0.290.